The number of anilines is 1. The van der Waals surface area contributed by atoms with Crippen LogP contribution in [0.25, 0.3) is 0 Å². The highest BCUT2D eigenvalue weighted by atomic mass is 79.9. The molecule has 2 aromatic carbocycles. The molecule has 2 amide bonds. The molecule has 22 heavy (non-hydrogen) atoms. The van der Waals surface area contributed by atoms with Crippen molar-refractivity contribution in [2.45, 2.75) is 6.42 Å². The summed E-state index contributed by atoms with van der Waals surface area (Å²) in [7, 11) is 1.57. The van der Waals surface area contributed by atoms with Crippen LogP contribution in [0, 0.1) is 5.82 Å². The molecule has 0 radical (unpaired) electrons. The molecule has 2 N–H and O–H groups in total. The van der Waals surface area contributed by atoms with Gasteiger partial charge in [0.25, 0.3) is 5.91 Å². The number of likely N-dealkylation sites (N-methyl/N-ethyl adjacent to an activating group) is 1. The average Bonchev–Trinajstić information content (AvgIpc) is 2.49. The standard InChI is InChI=1S/C16H14BrFN2O2/c1-19-15(21)8-10-2-5-12(6-3-10)20-16(22)13-7-4-11(17)9-14(13)18/h2-7,9H,8H2,1H3,(H,19,21)(H,20,22). The van der Waals surface area contributed by atoms with Crippen LogP contribution in [0.5, 0.6) is 0 Å². The Kier molecular flexibility index (Phi) is 5.27. The first-order chi connectivity index (χ1) is 10.5. The van der Waals surface area contributed by atoms with Crippen LogP contribution in [-0.2, 0) is 11.2 Å². The number of benzene rings is 2. The second-order valence-electron chi connectivity index (χ2n) is 4.63. The number of halogens is 2. The molecular formula is C16H14BrFN2O2. The van der Waals surface area contributed by atoms with Crippen LogP contribution < -0.4 is 10.6 Å². The Hall–Kier alpha value is -2.21. The fourth-order valence-corrected chi connectivity index (χ4v) is 2.18. The van der Waals surface area contributed by atoms with E-state index < -0.39 is 11.7 Å². The fourth-order valence-electron chi connectivity index (χ4n) is 1.85. The maximum absolute atomic E-state index is 13.7. The largest absolute Gasteiger partial charge is 0.359 e. The molecular weight excluding hydrogens is 351 g/mol. The van der Waals surface area contributed by atoms with Crippen LogP contribution in [0.1, 0.15) is 15.9 Å². The van der Waals surface area contributed by atoms with Gasteiger partial charge in [-0.25, -0.2) is 4.39 Å². The van der Waals surface area contributed by atoms with Gasteiger partial charge in [-0.3, -0.25) is 9.59 Å². The number of hydrogen-bond acceptors (Lipinski definition) is 2. The van der Waals surface area contributed by atoms with Crippen molar-refractivity contribution in [1.29, 1.82) is 0 Å². The topological polar surface area (TPSA) is 58.2 Å². The molecule has 0 saturated heterocycles. The van der Waals surface area contributed by atoms with Crippen LogP contribution in [0.3, 0.4) is 0 Å². The highest BCUT2D eigenvalue weighted by molar-refractivity contribution is 9.10. The Morgan fingerprint density at radius 3 is 2.41 bits per heavy atom. The van der Waals surface area contributed by atoms with Crippen LogP contribution >= 0.6 is 15.9 Å². The zero-order valence-electron chi connectivity index (χ0n) is 11.8. The van der Waals surface area contributed by atoms with Crippen molar-refractivity contribution in [2.24, 2.45) is 0 Å². The van der Waals surface area contributed by atoms with Gasteiger partial charge < -0.3 is 10.6 Å². The van der Waals surface area contributed by atoms with Crippen molar-refractivity contribution >= 4 is 33.4 Å². The second kappa shape index (κ2) is 7.17. The molecule has 0 aliphatic heterocycles. The van der Waals surface area contributed by atoms with Gasteiger partial charge in [0.15, 0.2) is 0 Å². The molecule has 0 aromatic heterocycles. The fraction of sp³-hybridized carbons (Fsp3) is 0.125. The van der Waals surface area contributed by atoms with Gasteiger partial charge in [0, 0.05) is 17.2 Å². The van der Waals surface area contributed by atoms with Crippen molar-refractivity contribution in [3.8, 4) is 0 Å². The lowest BCUT2D eigenvalue weighted by Crippen LogP contribution is -2.19. The summed E-state index contributed by atoms with van der Waals surface area (Å²) in [5, 5.41) is 5.16. The number of amides is 2. The second-order valence-corrected chi connectivity index (χ2v) is 5.54. The number of rotatable bonds is 4. The van der Waals surface area contributed by atoms with Crippen molar-refractivity contribution in [1.82, 2.24) is 5.32 Å². The minimum absolute atomic E-state index is 0.0300. The normalized spacial score (nSPS) is 10.1. The number of nitrogens with one attached hydrogen (secondary N) is 2. The monoisotopic (exact) mass is 364 g/mol. The molecule has 2 aromatic rings. The minimum atomic E-state index is -0.594. The summed E-state index contributed by atoms with van der Waals surface area (Å²) in [6, 6.07) is 11.1. The molecule has 0 unspecified atom stereocenters. The van der Waals surface area contributed by atoms with Crippen molar-refractivity contribution < 1.29 is 14.0 Å². The molecule has 0 spiro atoms. The first-order valence-corrected chi connectivity index (χ1v) is 7.35. The molecule has 0 aliphatic rings. The lowest BCUT2D eigenvalue weighted by molar-refractivity contribution is -0.119. The van der Waals surface area contributed by atoms with E-state index in [9.17, 15) is 14.0 Å². The first-order valence-electron chi connectivity index (χ1n) is 6.55. The van der Waals surface area contributed by atoms with E-state index in [0.29, 0.717) is 10.2 Å². The van der Waals surface area contributed by atoms with E-state index in [0.717, 1.165) is 5.56 Å². The smallest absolute Gasteiger partial charge is 0.258 e. The van der Waals surface area contributed by atoms with Gasteiger partial charge in [-0.1, -0.05) is 28.1 Å². The first kappa shape index (κ1) is 16.2. The summed E-state index contributed by atoms with van der Waals surface area (Å²) < 4.78 is 14.3. The molecule has 0 bridgehead atoms. The van der Waals surface area contributed by atoms with Gasteiger partial charge in [0.2, 0.25) is 5.91 Å². The van der Waals surface area contributed by atoms with Crippen LogP contribution in [0.2, 0.25) is 0 Å². The van der Waals surface area contributed by atoms with E-state index in [1.165, 1.54) is 12.1 Å². The van der Waals surface area contributed by atoms with E-state index >= 15 is 0 Å². The predicted molar refractivity (Wildman–Crippen MR) is 86.3 cm³/mol. The molecule has 2 rings (SSSR count). The van der Waals surface area contributed by atoms with Crippen molar-refractivity contribution in [3.63, 3.8) is 0 Å². The number of carbonyl (C=O) groups is 2. The van der Waals surface area contributed by atoms with E-state index in [4.69, 9.17) is 0 Å². The third-order valence-electron chi connectivity index (χ3n) is 3.03. The summed E-state index contributed by atoms with van der Waals surface area (Å²) in [5.41, 5.74) is 1.33. The molecule has 6 heteroatoms. The summed E-state index contributed by atoms with van der Waals surface area (Å²) in [6.07, 6.45) is 0.270. The zero-order valence-corrected chi connectivity index (χ0v) is 13.4. The quantitative estimate of drug-likeness (QED) is 0.875. The Morgan fingerprint density at radius 1 is 1.14 bits per heavy atom. The van der Waals surface area contributed by atoms with E-state index in [1.807, 2.05) is 0 Å². The zero-order chi connectivity index (χ0) is 16.1. The van der Waals surface area contributed by atoms with Crippen molar-refractivity contribution in [2.75, 3.05) is 12.4 Å². The van der Waals surface area contributed by atoms with Crippen LogP contribution in [-0.4, -0.2) is 18.9 Å². The summed E-state index contributed by atoms with van der Waals surface area (Å²) in [6.45, 7) is 0. The third kappa shape index (κ3) is 4.14. The van der Waals surface area contributed by atoms with Gasteiger partial charge in [0.05, 0.1) is 12.0 Å². The van der Waals surface area contributed by atoms with Gasteiger partial charge in [-0.15, -0.1) is 0 Å². The highest BCUT2D eigenvalue weighted by Gasteiger charge is 2.12. The summed E-state index contributed by atoms with van der Waals surface area (Å²) in [4.78, 5) is 23.3. The Balaban J connectivity index is 2.07. The summed E-state index contributed by atoms with van der Waals surface area (Å²) in [5.74, 6) is -1.21. The van der Waals surface area contributed by atoms with E-state index in [1.54, 1.807) is 37.4 Å². The Labute approximate surface area is 135 Å². The molecule has 0 fully saturated rings. The molecule has 0 saturated carbocycles. The van der Waals surface area contributed by atoms with Crippen LogP contribution in [0.4, 0.5) is 10.1 Å². The molecule has 0 heterocycles. The van der Waals surface area contributed by atoms with Gasteiger partial charge in [0.1, 0.15) is 5.82 Å². The Morgan fingerprint density at radius 2 is 1.82 bits per heavy atom. The number of hydrogen-bond donors (Lipinski definition) is 2. The van der Waals surface area contributed by atoms with Gasteiger partial charge in [-0.05, 0) is 35.9 Å². The SMILES string of the molecule is CNC(=O)Cc1ccc(NC(=O)c2ccc(Br)cc2F)cc1. The van der Waals surface area contributed by atoms with Gasteiger partial charge >= 0.3 is 0 Å². The Bertz CT molecular complexity index is 702. The molecule has 0 aliphatic carbocycles. The number of carbonyl (C=O) groups excluding carboxylic acids is 2. The van der Waals surface area contributed by atoms with Gasteiger partial charge in [-0.2, -0.15) is 0 Å². The maximum atomic E-state index is 13.7. The molecule has 114 valence electrons. The average molecular weight is 365 g/mol. The molecule has 0 atom stereocenters. The predicted octanol–water partition coefficient (Wildman–Crippen LogP) is 3.13. The molecule has 4 nitrogen and oxygen atoms in total. The third-order valence-corrected chi connectivity index (χ3v) is 3.52. The summed E-state index contributed by atoms with van der Waals surface area (Å²) >= 11 is 3.14. The minimum Gasteiger partial charge on any atom is -0.359 e. The van der Waals surface area contributed by atoms with E-state index in [-0.39, 0.29) is 17.9 Å². The van der Waals surface area contributed by atoms with E-state index in [2.05, 4.69) is 26.6 Å². The highest BCUT2D eigenvalue weighted by Crippen LogP contribution is 2.17. The lowest BCUT2D eigenvalue weighted by atomic mass is 10.1. The van der Waals surface area contributed by atoms with Crippen molar-refractivity contribution in [3.05, 3.63) is 63.9 Å². The lowest BCUT2D eigenvalue weighted by Gasteiger charge is -2.07. The van der Waals surface area contributed by atoms with Crippen LogP contribution in [0.15, 0.2) is 46.9 Å². The maximum Gasteiger partial charge on any atom is 0.258 e.